The molecule has 7 heteroatoms. The normalized spacial score (nSPS) is 14.4. The number of likely N-dealkylation sites (tertiary alicyclic amines) is 1. The number of nitrogens with one attached hydrogen (secondary N) is 1. The van der Waals surface area contributed by atoms with Gasteiger partial charge in [-0.25, -0.2) is 4.98 Å². The highest BCUT2D eigenvalue weighted by Crippen LogP contribution is 2.21. The molecule has 0 aliphatic carbocycles. The summed E-state index contributed by atoms with van der Waals surface area (Å²) in [5.74, 6) is 1.49. The Morgan fingerprint density at radius 1 is 1.20 bits per heavy atom. The van der Waals surface area contributed by atoms with Crippen LogP contribution >= 0.6 is 15.9 Å². The lowest BCUT2D eigenvalue weighted by Gasteiger charge is -2.31. The van der Waals surface area contributed by atoms with Crippen molar-refractivity contribution < 1.29 is 14.3 Å². The number of carbonyl (C=O) groups is 2. The number of amides is 2. The van der Waals surface area contributed by atoms with Crippen molar-refractivity contribution in [1.29, 1.82) is 0 Å². The summed E-state index contributed by atoms with van der Waals surface area (Å²) in [5.41, 5.74) is 1.17. The number of halogens is 1. The highest BCUT2D eigenvalue weighted by atomic mass is 79.9. The van der Waals surface area contributed by atoms with Gasteiger partial charge in [-0.2, -0.15) is 0 Å². The van der Waals surface area contributed by atoms with Crippen molar-refractivity contribution in [3.05, 3.63) is 52.6 Å². The smallest absolute Gasteiger partial charge is 0.228 e. The van der Waals surface area contributed by atoms with Crippen molar-refractivity contribution in [3.8, 4) is 5.75 Å². The molecule has 0 atom stereocenters. The summed E-state index contributed by atoms with van der Waals surface area (Å²) in [6.45, 7) is 3.91. The number of ether oxygens (including phenoxy) is 1. The number of anilines is 1. The lowest BCUT2D eigenvalue weighted by molar-refractivity contribution is -0.134. The van der Waals surface area contributed by atoms with Gasteiger partial charge in [0.15, 0.2) is 0 Å². The van der Waals surface area contributed by atoms with Gasteiger partial charge in [0.1, 0.15) is 11.6 Å². The van der Waals surface area contributed by atoms with Gasteiger partial charge in [0.05, 0.1) is 6.61 Å². The number of pyridine rings is 1. The number of piperidine rings is 1. The average Bonchev–Trinajstić information content (AvgIpc) is 2.75. The Bertz CT molecular complexity index is 849. The maximum Gasteiger partial charge on any atom is 0.228 e. The van der Waals surface area contributed by atoms with Crippen LogP contribution in [0.1, 0.15) is 37.7 Å². The van der Waals surface area contributed by atoms with Crippen molar-refractivity contribution >= 4 is 33.6 Å². The maximum absolute atomic E-state index is 12.4. The number of benzene rings is 1. The van der Waals surface area contributed by atoms with E-state index in [0.717, 1.165) is 23.1 Å². The van der Waals surface area contributed by atoms with Crippen LogP contribution in [0.2, 0.25) is 0 Å². The Hall–Kier alpha value is -2.41. The Morgan fingerprint density at radius 3 is 2.70 bits per heavy atom. The minimum absolute atomic E-state index is 0.0229. The first-order valence-corrected chi connectivity index (χ1v) is 11.2. The molecule has 1 aromatic heterocycles. The van der Waals surface area contributed by atoms with Crippen LogP contribution < -0.4 is 10.1 Å². The third-order valence-electron chi connectivity index (χ3n) is 5.24. The van der Waals surface area contributed by atoms with Crippen LogP contribution in [0.4, 0.5) is 5.82 Å². The minimum Gasteiger partial charge on any atom is -0.494 e. The Morgan fingerprint density at radius 2 is 2.00 bits per heavy atom. The Balaban J connectivity index is 1.31. The molecule has 0 spiro atoms. The molecule has 2 amide bonds. The number of nitrogens with zero attached hydrogens (tertiary/aromatic N) is 2. The van der Waals surface area contributed by atoms with Gasteiger partial charge >= 0.3 is 0 Å². The molecule has 3 rings (SSSR count). The summed E-state index contributed by atoms with van der Waals surface area (Å²) < 4.78 is 6.60. The molecule has 1 aliphatic heterocycles. The molecule has 2 heterocycles. The Kier molecular flexibility index (Phi) is 8.25. The molecule has 1 saturated heterocycles. The SMILES string of the molecule is Cc1cccc(OCCCCC(=O)N2CCC(C(=O)Nc3ccc(Br)cn3)CC2)c1. The second-order valence-electron chi connectivity index (χ2n) is 7.63. The van der Waals surface area contributed by atoms with Crippen LogP contribution in [0.15, 0.2) is 47.1 Å². The van der Waals surface area contributed by atoms with Gasteiger partial charge in [-0.15, -0.1) is 0 Å². The fourth-order valence-electron chi connectivity index (χ4n) is 3.50. The van der Waals surface area contributed by atoms with Crippen LogP contribution in [0, 0.1) is 12.8 Å². The topological polar surface area (TPSA) is 71.5 Å². The van der Waals surface area contributed by atoms with Crippen LogP contribution in [-0.4, -0.2) is 41.4 Å². The highest BCUT2D eigenvalue weighted by Gasteiger charge is 2.27. The summed E-state index contributed by atoms with van der Waals surface area (Å²) in [5, 5.41) is 2.86. The maximum atomic E-state index is 12.4. The fraction of sp³-hybridized carbons (Fsp3) is 0.435. The molecule has 0 bridgehead atoms. The minimum atomic E-state index is -0.0813. The second-order valence-corrected chi connectivity index (χ2v) is 8.54. The van der Waals surface area contributed by atoms with E-state index in [1.807, 2.05) is 42.2 Å². The first-order valence-electron chi connectivity index (χ1n) is 10.4. The summed E-state index contributed by atoms with van der Waals surface area (Å²) in [6.07, 6.45) is 5.20. The van der Waals surface area contributed by atoms with Gasteiger partial charge in [0.2, 0.25) is 11.8 Å². The third kappa shape index (κ3) is 6.83. The first-order chi connectivity index (χ1) is 14.5. The van der Waals surface area contributed by atoms with Crippen molar-refractivity contribution in [1.82, 2.24) is 9.88 Å². The molecule has 0 unspecified atom stereocenters. The zero-order valence-electron chi connectivity index (χ0n) is 17.3. The molecule has 1 N–H and O–H groups in total. The molecule has 0 saturated carbocycles. The molecule has 1 aliphatic rings. The monoisotopic (exact) mass is 473 g/mol. The van der Waals surface area contributed by atoms with Gasteiger partial charge < -0.3 is 15.0 Å². The van der Waals surface area contributed by atoms with Crippen molar-refractivity contribution in [3.63, 3.8) is 0 Å². The molecule has 30 heavy (non-hydrogen) atoms. The molecule has 160 valence electrons. The van der Waals surface area contributed by atoms with E-state index >= 15 is 0 Å². The zero-order valence-corrected chi connectivity index (χ0v) is 18.9. The number of unbranched alkanes of at least 4 members (excludes halogenated alkanes) is 1. The van der Waals surface area contributed by atoms with E-state index in [9.17, 15) is 9.59 Å². The van der Waals surface area contributed by atoms with Crippen LogP contribution in [0.25, 0.3) is 0 Å². The summed E-state index contributed by atoms with van der Waals surface area (Å²) in [7, 11) is 0. The second kappa shape index (κ2) is 11.1. The molecular weight excluding hydrogens is 446 g/mol. The summed E-state index contributed by atoms with van der Waals surface area (Å²) in [6, 6.07) is 11.6. The van der Waals surface area contributed by atoms with Crippen molar-refractivity contribution in [2.45, 2.75) is 39.0 Å². The van der Waals surface area contributed by atoms with Crippen molar-refractivity contribution in [2.24, 2.45) is 5.92 Å². The molecular formula is C23H28BrN3O3. The number of aromatic nitrogens is 1. The number of hydrogen-bond donors (Lipinski definition) is 1. The predicted octanol–water partition coefficient (Wildman–Crippen LogP) is 4.58. The third-order valence-corrected chi connectivity index (χ3v) is 5.71. The fourth-order valence-corrected chi connectivity index (χ4v) is 3.74. The molecule has 6 nitrogen and oxygen atoms in total. The molecule has 2 aromatic rings. The first kappa shape index (κ1) is 22.3. The Labute approximate surface area is 186 Å². The summed E-state index contributed by atoms with van der Waals surface area (Å²) in [4.78, 5) is 30.9. The molecule has 1 fully saturated rings. The number of rotatable bonds is 8. The average molecular weight is 474 g/mol. The molecule has 0 radical (unpaired) electrons. The van der Waals surface area contributed by atoms with E-state index in [1.165, 1.54) is 5.56 Å². The largest absolute Gasteiger partial charge is 0.494 e. The van der Waals surface area contributed by atoms with Crippen LogP contribution in [0.3, 0.4) is 0 Å². The standard InChI is InChI=1S/C23H28BrN3O3/c1-17-5-4-6-20(15-17)30-14-3-2-7-22(28)27-12-10-18(11-13-27)23(29)26-21-9-8-19(24)16-25-21/h4-6,8-9,15-16,18H,2-3,7,10-14H2,1H3,(H,25,26,29). The number of carbonyl (C=O) groups excluding carboxylic acids is 2. The van der Waals surface area contributed by atoms with Crippen molar-refractivity contribution in [2.75, 3.05) is 25.0 Å². The lowest BCUT2D eigenvalue weighted by atomic mass is 9.95. The lowest BCUT2D eigenvalue weighted by Crippen LogP contribution is -2.41. The quantitative estimate of drug-likeness (QED) is 0.569. The predicted molar refractivity (Wildman–Crippen MR) is 120 cm³/mol. The van der Waals surface area contributed by atoms with Gasteiger partial charge in [-0.3, -0.25) is 9.59 Å². The van der Waals surface area contributed by atoms with Crippen LogP contribution in [-0.2, 0) is 9.59 Å². The van der Waals surface area contributed by atoms with Crippen LogP contribution in [0.5, 0.6) is 5.75 Å². The van der Waals surface area contributed by atoms with E-state index in [-0.39, 0.29) is 17.7 Å². The highest BCUT2D eigenvalue weighted by molar-refractivity contribution is 9.10. The van der Waals surface area contributed by atoms with E-state index in [2.05, 4.69) is 26.2 Å². The van der Waals surface area contributed by atoms with Gasteiger partial charge in [0.25, 0.3) is 0 Å². The summed E-state index contributed by atoms with van der Waals surface area (Å²) >= 11 is 3.33. The van der Waals surface area contributed by atoms with Gasteiger partial charge in [-0.1, -0.05) is 12.1 Å². The van der Waals surface area contributed by atoms with E-state index in [4.69, 9.17) is 4.74 Å². The van der Waals surface area contributed by atoms with E-state index in [1.54, 1.807) is 12.3 Å². The van der Waals surface area contributed by atoms with Gasteiger partial charge in [-0.05, 0) is 78.4 Å². The number of aryl methyl sites for hydroxylation is 1. The van der Waals surface area contributed by atoms with E-state index < -0.39 is 0 Å². The van der Waals surface area contributed by atoms with Gasteiger partial charge in [0, 0.05) is 36.1 Å². The zero-order chi connectivity index (χ0) is 21.3. The molecule has 1 aromatic carbocycles. The number of hydrogen-bond acceptors (Lipinski definition) is 4. The van der Waals surface area contributed by atoms with E-state index in [0.29, 0.717) is 44.8 Å².